The highest BCUT2D eigenvalue weighted by molar-refractivity contribution is 5.79. The normalized spacial score (nSPS) is 11.4. The lowest BCUT2D eigenvalue weighted by Gasteiger charge is -2.22. The fraction of sp³-hybridized carbons (Fsp3) is 0.500. The van der Waals surface area contributed by atoms with Crippen molar-refractivity contribution in [1.29, 1.82) is 0 Å². The quantitative estimate of drug-likeness (QED) is 0.537. The van der Waals surface area contributed by atoms with Gasteiger partial charge in [0.1, 0.15) is 6.54 Å². The fourth-order valence-electron chi connectivity index (χ4n) is 2.66. The van der Waals surface area contributed by atoms with Crippen LogP contribution in [0, 0.1) is 0 Å². The minimum Gasteiger partial charge on any atom is -0.493 e. The number of aryl methyl sites for hydroxylation is 1. The predicted molar refractivity (Wildman–Crippen MR) is 107 cm³/mol. The van der Waals surface area contributed by atoms with E-state index in [0.717, 1.165) is 54.8 Å². The number of likely N-dealkylation sites (N-methyl/N-ethyl adjacent to an activating group) is 1. The number of rotatable bonds is 9. The van der Waals surface area contributed by atoms with Crippen LogP contribution in [0.3, 0.4) is 0 Å². The first-order valence-electron chi connectivity index (χ1n) is 9.26. The van der Waals surface area contributed by atoms with Gasteiger partial charge in [0.2, 0.25) is 0 Å². The summed E-state index contributed by atoms with van der Waals surface area (Å²) in [6, 6.07) is 7.96. The van der Waals surface area contributed by atoms with Gasteiger partial charge in [-0.15, -0.1) is 0 Å². The van der Waals surface area contributed by atoms with Crippen molar-refractivity contribution in [3.63, 3.8) is 0 Å². The Balaban J connectivity index is 1.99. The van der Waals surface area contributed by atoms with Gasteiger partial charge in [0, 0.05) is 26.2 Å². The molecule has 0 aliphatic carbocycles. The van der Waals surface area contributed by atoms with Crippen molar-refractivity contribution in [2.24, 2.45) is 4.99 Å². The molecule has 0 aliphatic heterocycles. The lowest BCUT2D eigenvalue weighted by molar-refractivity contribution is 0.354. The maximum Gasteiger partial charge on any atom is 0.194 e. The van der Waals surface area contributed by atoms with Crippen LogP contribution < -0.4 is 14.8 Å². The Labute approximate surface area is 161 Å². The molecule has 148 valence electrons. The molecular weight excluding hydrogens is 344 g/mol. The van der Waals surface area contributed by atoms with Crippen LogP contribution in [0.25, 0.3) is 0 Å². The second kappa shape index (κ2) is 10.4. The highest BCUT2D eigenvalue weighted by Crippen LogP contribution is 2.27. The number of aliphatic imine (C=N–C) groups is 1. The number of benzene rings is 1. The van der Waals surface area contributed by atoms with Gasteiger partial charge in [-0.3, -0.25) is 0 Å². The van der Waals surface area contributed by atoms with Crippen LogP contribution in [0.4, 0.5) is 0 Å². The van der Waals surface area contributed by atoms with Crippen LogP contribution in [-0.2, 0) is 19.4 Å². The van der Waals surface area contributed by atoms with Crippen molar-refractivity contribution in [2.45, 2.75) is 33.2 Å². The van der Waals surface area contributed by atoms with Gasteiger partial charge in [-0.1, -0.05) is 18.1 Å². The van der Waals surface area contributed by atoms with E-state index >= 15 is 0 Å². The minimum atomic E-state index is 0.468. The Bertz CT molecular complexity index is 743. The van der Waals surface area contributed by atoms with Gasteiger partial charge in [0.15, 0.2) is 23.2 Å². The molecule has 0 atom stereocenters. The zero-order valence-corrected chi connectivity index (χ0v) is 16.9. The molecule has 7 nitrogen and oxygen atoms in total. The van der Waals surface area contributed by atoms with E-state index < -0.39 is 0 Å². The van der Waals surface area contributed by atoms with E-state index in [9.17, 15) is 0 Å². The molecule has 0 aliphatic rings. The maximum absolute atomic E-state index is 5.38. The molecule has 0 radical (unpaired) electrons. The van der Waals surface area contributed by atoms with Gasteiger partial charge in [-0.25, -0.2) is 4.99 Å². The van der Waals surface area contributed by atoms with Gasteiger partial charge >= 0.3 is 0 Å². The summed E-state index contributed by atoms with van der Waals surface area (Å²) in [6.45, 7) is 6.20. The molecule has 1 N–H and O–H groups in total. The standard InChI is InChI=1S/C20H30N4O3/c1-6-16-13-17(27-23-16)14-22-20(21-7-2)24(3)11-10-15-8-9-18(25-4)19(12-15)26-5/h8-9,12-13H,6-7,10-11,14H2,1-5H3,(H,21,22). The number of ether oxygens (including phenoxy) is 2. The Hall–Kier alpha value is -2.70. The van der Waals surface area contributed by atoms with Crippen LogP contribution in [0.15, 0.2) is 33.8 Å². The molecule has 7 heteroatoms. The van der Waals surface area contributed by atoms with Gasteiger partial charge in [-0.05, 0) is 37.5 Å². The van der Waals surface area contributed by atoms with Crippen LogP contribution >= 0.6 is 0 Å². The van der Waals surface area contributed by atoms with Crippen molar-refractivity contribution in [2.75, 3.05) is 34.4 Å². The van der Waals surface area contributed by atoms with Crippen molar-refractivity contribution < 1.29 is 14.0 Å². The van der Waals surface area contributed by atoms with Crippen molar-refractivity contribution in [1.82, 2.24) is 15.4 Å². The number of nitrogens with one attached hydrogen (secondary N) is 1. The van der Waals surface area contributed by atoms with Crippen LogP contribution in [0.1, 0.15) is 30.9 Å². The van der Waals surface area contributed by atoms with E-state index in [0.29, 0.717) is 6.54 Å². The minimum absolute atomic E-state index is 0.468. The van der Waals surface area contributed by atoms with E-state index in [-0.39, 0.29) is 0 Å². The van der Waals surface area contributed by atoms with Gasteiger partial charge in [-0.2, -0.15) is 0 Å². The highest BCUT2D eigenvalue weighted by Gasteiger charge is 2.09. The zero-order valence-electron chi connectivity index (χ0n) is 16.9. The molecule has 0 saturated carbocycles. The first-order valence-corrected chi connectivity index (χ1v) is 9.26. The molecule has 0 amide bonds. The first kappa shape index (κ1) is 20.6. The lowest BCUT2D eigenvalue weighted by Crippen LogP contribution is -2.39. The van der Waals surface area contributed by atoms with Gasteiger partial charge in [0.25, 0.3) is 0 Å². The summed E-state index contributed by atoms with van der Waals surface area (Å²) >= 11 is 0. The van der Waals surface area contributed by atoms with E-state index in [1.54, 1.807) is 14.2 Å². The molecule has 0 spiro atoms. The van der Waals surface area contributed by atoms with Crippen molar-refractivity contribution in [3.8, 4) is 11.5 Å². The molecule has 1 aromatic carbocycles. The Kier molecular flexibility index (Phi) is 7.98. The summed E-state index contributed by atoms with van der Waals surface area (Å²) in [4.78, 5) is 6.77. The second-order valence-corrected chi connectivity index (χ2v) is 6.17. The third kappa shape index (κ3) is 5.91. The van der Waals surface area contributed by atoms with E-state index in [4.69, 9.17) is 14.0 Å². The Morgan fingerprint density at radius 2 is 1.96 bits per heavy atom. The first-order chi connectivity index (χ1) is 13.1. The van der Waals surface area contributed by atoms with Crippen molar-refractivity contribution >= 4 is 5.96 Å². The molecule has 1 heterocycles. The third-order valence-corrected chi connectivity index (χ3v) is 4.23. The number of hydrogen-bond donors (Lipinski definition) is 1. The number of guanidine groups is 1. The molecule has 2 rings (SSSR count). The third-order valence-electron chi connectivity index (χ3n) is 4.23. The van der Waals surface area contributed by atoms with E-state index in [2.05, 4.69) is 40.3 Å². The van der Waals surface area contributed by atoms with Gasteiger partial charge < -0.3 is 24.2 Å². The number of hydrogen-bond acceptors (Lipinski definition) is 5. The van der Waals surface area contributed by atoms with Gasteiger partial charge in [0.05, 0.1) is 19.9 Å². The topological polar surface area (TPSA) is 72.1 Å². The smallest absolute Gasteiger partial charge is 0.194 e. The summed E-state index contributed by atoms with van der Waals surface area (Å²) in [6.07, 6.45) is 1.72. The van der Waals surface area contributed by atoms with Crippen LogP contribution in [0.5, 0.6) is 11.5 Å². The zero-order chi connectivity index (χ0) is 19.6. The molecular formula is C20H30N4O3. The number of nitrogens with zero attached hydrogens (tertiary/aromatic N) is 3. The monoisotopic (exact) mass is 374 g/mol. The van der Waals surface area contributed by atoms with Crippen molar-refractivity contribution in [3.05, 3.63) is 41.3 Å². The molecule has 2 aromatic rings. The summed E-state index contributed by atoms with van der Waals surface area (Å²) in [7, 11) is 5.32. The summed E-state index contributed by atoms with van der Waals surface area (Å²) in [5.74, 6) is 3.10. The van der Waals surface area contributed by atoms with Crippen LogP contribution in [-0.4, -0.2) is 50.4 Å². The van der Waals surface area contributed by atoms with Crippen LogP contribution in [0.2, 0.25) is 0 Å². The molecule has 0 bridgehead atoms. The van der Waals surface area contributed by atoms with E-state index in [1.165, 1.54) is 5.56 Å². The average Bonchev–Trinajstić information content (AvgIpc) is 3.17. The second-order valence-electron chi connectivity index (χ2n) is 6.17. The molecule has 0 saturated heterocycles. The predicted octanol–water partition coefficient (Wildman–Crippen LogP) is 2.89. The molecule has 0 fully saturated rings. The lowest BCUT2D eigenvalue weighted by atomic mass is 10.1. The largest absolute Gasteiger partial charge is 0.493 e. The fourth-order valence-corrected chi connectivity index (χ4v) is 2.66. The Morgan fingerprint density at radius 1 is 1.19 bits per heavy atom. The average molecular weight is 374 g/mol. The summed E-state index contributed by atoms with van der Waals surface area (Å²) in [5, 5.41) is 7.33. The van der Waals surface area contributed by atoms with E-state index in [1.807, 2.05) is 25.2 Å². The molecule has 27 heavy (non-hydrogen) atoms. The maximum atomic E-state index is 5.38. The molecule has 0 unspecified atom stereocenters. The summed E-state index contributed by atoms with van der Waals surface area (Å²) < 4.78 is 16.0. The molecule has 1 aromatic heterocycles. The SMILES string of the molecule is CCNC(=NCc1cc(CC)no1)N(C)CCc1ccc(OC)c(OC)c1. The Morgan fingerprint density at radius 3 is 2.59 bits per heavy atom. The number of methoxy groups -OCH3 is 2. The highest BCUT2D eigenvalue weighted by atomic mass is 16.5. The number of aromatic nitrogens is 1. The summed E-state index contributed by atoms with van der Waals surface area (Å²) in [5.41, 5.74) is 2.13.